The van der Waals surface area contributed by atoms with Crippen LogP contribution in [0.5, 0.6) is 0 Å². The van der Waals surface area contributed by atoms with Crippen LogP contribution in [0.2, 0.25) is 0 Å². The number of nitrogens with one attached hydrogen (secondary N) is 2. The molecule has 0 aliphatic rings. The largest absolute Gasteiger partial charge is 0.433 e. The van der Waals surface area contributed by atoms with Crippen LogP contribution in [-0.4, -0.2) is 49.4 Å². The average molecular weight is 474 g/mol. The lowest BCUT2D eigenvalue weighted by Gasteiger charge is -2.13. The van der Waals surface area contributed by atoms with Crippen molar-refractivity contribution in [1.29, 1.82) is 0 Å². The predicted octanol–water partition coefficient (Wildman–Crippen LogP) is 3.48. The molecule has 3 rings (SSSR count). The van der Waals surface area contributed by atoms with Crippen LogP contribution in [-0.2, 0) is 12.4 Å². The number of halogens is 6. The first kappa shape index (κ1) is 24.1. The van der Waals surface area contributed by atoms with Crippen LogP contribution >= 0.6 is 0 Å². The lowest BCUT2D eigenvalue weighted by atomic mass is 10.2. The second-order valence-electron chi connectivity index (χ2n) is 6.63. The van der Waals surface area contributed by atoms with Gasteiger partial charge in [-0.05, 0) is 30.3 Å². The average Bonchev–Trinajstić information content (AvgIpc) is 2.76. The lowest BCUT2D eigenvalue weighted by Crippen LogP contribution is -2.24. The molecule has 4 N–H and O–H groups in total. The standard InChI is InChI=1S/C19H16F6N6O2/c20-18(21,22)10-3-1-4-11(7-10)27-17-30-15(29-16(31-17)26-8-12(33)9-32)13-5-2-6-14(28-13)19(23,24)25/h1-7,12,32-33H,8-9H2,(H2,26,27,29,30,31)/t12-/m1/s1. The van der Waals surface area contributed by atoms with Crippen molar-refractivity contribution < 1.29 is 36.6 Å². The van der Waals surface area contributed by atoms with E-state index in [0.717, 1.165) is 30.3 Å². The van der Waals surface area contributed by atoms with Crippen LogP contribution < -0.4 is 10.6 Å². The van der Waals surface area contributed by atoms with Gasteiger partial charge in [-0.2, -0.15) is 41.3 Å². The number of alkyl halides is 6. The number of nitrogens with zero attached hydrogens (tertiary/aromatic N) is 4. The summed E-state index contributed by atoms with van der Waals surface area (Å²) in [4.78, 5) is 15.4. The zero-order valence-corrected chi connectivity index (χ0v) is 16.5. The van der Waals surface area contributed by atoms with E-state index in [4.69, 9.17) is 5.11 Å². The first-order chi connectivity index (χ1) is 15.5. The molecule has 8 nitrogen and oxygen atoms in total. The van der Waals surface area contributed by atoms with E-state index in [2.05, 4.69) is 30.6 Å². The van der Waals surface area contributed by atoms with Crippen molar-refractivity contribution in [3.63, 3.8) is 0 Å². The Morgan fingerprint density at radius 1 is 0.848 bits per heavy atom. The number of aromatic nitrogens is 4. The van der Waals surface area contributed by atoms with Gasteiger partial charge in [0, 0.05) is 12.2 Å². The number of rotatable bonds is 7. The minimum Gasteiger partial charge on any atom is -0.394 e. The van der Waals surface area contributed by atoms with E-state index in [9.17, 15) is 31.4 Å². The summed E-state index contributed by atoms with van der Waals surface area (Å²) >= 11 is 0. The van der Waals surface area contributed by atoms with Crippen molar-refractivity contribution in [1.82, 2.24) is 19.9 Å². The molecule has 0 aliphatic carbocycles. The Kier molecular flexibility index (Phi) is 6.98. The Morgan fingerprint density at radius 2 is 1.55 bits per heavy atom. The molecule has 2 heterocycles. The maximum Gasteiger partial charge on any atom is 0.433 e. The summed E-state index contributed by atoms with van der Waals surface area (Å²) in [5.74, 6) is -0.827. The van der Waals surface area contributed by atoms with Crippen LogP contribution in [0.15, 0.2) is 42.5 Å². The molecule has 0 radical (unpaired) electrons. The number of pyridine rings is 1. The fourth-order valence-electron chi connectivity index (χ4n) is 2.52. The van der Waals surface area contributed by atoms with Crippen LogP contribution in [0.1, 0.15) is 11.3 Å². The van der Waals surface area contributed by atoms with E-state index in [-0.39, 0.29) is 35.6 Å². The Morgan fingerprint density at radius 3 is 2.21 bits per heavy atom. The summed E-state index contributed by atoms with van der Waals surface area (Å²) < 4.78 is 78.0. The fraction of sp³-hybridized carbons (Fsp3) is 0.263. The molecule has 1 atom stereocenters. The lowest BCUT2D eigenvalue weighted by molar-refractivity contribution is -0.141. The van der Waals surface area contributed by atoms with Crippen molar-refractivity contribution >= 4 is 17.6 Å². The summed E-state index contributed by atoms with van der Waals surface area (Å²) in [5, 5.41) is 23.5. The number of aliphatic hydroxyl groups excluding tert-OH is 2. The molecule has 0 saturated heterocycles. The molecule has 14 heteroatoms. The molecule has 0 amide bonds. The second-order valence-corrected chi connectivity index (χ2v) is 6.63. The van der Waals surface area contributed by atoms with Crippen LogP contribution in [0.3, 0.4) is 0 Å². The first-order valence-electron chi connectivity index (χ1n) is 9.23. The summed E-state index contributed by atoms with van der Waals surface area (Å²) in [6.07, 6.45) is -10.5. The number of anilines is 3. The molecule has 33 heavy (non-hydrogen) atoms. The fourth-order valence-corrected chi connectivity index (χ4v) is 2.52. The number of hydrogen-bond acceptors (Lipinski definition) is 8. The summed E-state index contributed by atoms with van der Waals surface area (Å²) in [6, 6.07) is 7.18. The van der Waals surface area contributed by atoms with Crippen LogP contribution in [0.25, 0.3) is 11.5 Å². The molecule has 3 aromatic rings. The van der Waals surface area contributed by atoms with Gasteiger partial charge in [-0.1, -0.05) is 12.1 Å². The third-order valence-electron chi connectivity index (χ3n) is 4.06. The van der Waals surface area contributed by atoms with Gasteiger partial charge in [0.1, 0.15) is 11.4 Å². The number of hydrogen-bond donors (Lipinski definition) is 4. The highest BCUT2D eigenvalue weighted by molar-refractivity contribution is 5.59. The summed E-state index contributed by atoms with van der Waals surface area (Å²) in [7, 11) is 0. The van der Waals surface area contributed by atoms with Crippen molar-refractivity contribution in [3.8, 4) is 11.5 Å². The van der Waals surface area contributed by atoms with Crippen molar-refractivity contribution in [3.05, 3.63) is 53.7 Å². The molecule has 0 spiro atoms. The van der Waals surface area contributed by atoms with Crippen LogP contribution in [0, 0.1) is 0 Å². The normalized spacial score (nSPS) is 13.0. The summed E-state index contributed by atoms with van der Waals surface area (Å²) in [6.45, 7) is -0.811. The first-order valence-corrected chi connectivity index (χ1v) is 9.23. The second kappa shape index (κ2) is 9.54. The van der Waals surface area contributed by atoms with E-state index in [0.29, 0.717) is 0 Å². The zero-order chi connectivity index (χ0) is 24.2. The summed E-state index contributed by atoms with van der Waals surface area (Å²) in [5.41, 5.74) is -2.45. The minimum absolute atomic E-state index is 0.0414. The van der Waals surface area contributed by atoms with E-state index >= 15 is 0 Å². The SMILES string of the molecule is OC[C@H](O)CNc1nc(Nc2cccc(C(F)(F)F)c2)nc(-c2cccc(C(F)(F)F)n2)n1. The molecule has 2 aromatic heterocycles. The van der Waals surface area contributed by atoms with E-state index in [1.807, 2.05) is 0 Å². The van der Waals surface area contributed by atoms with Gasteiger partial charge < -0.3 is 20.8 Å². The molecule has 0 aliphatic heterocycles. The van der Waals surface area contributed by atoms with Gasteiger partial charge in [0.25, 0.3) is 0 Å². The van der Waals surface area contributed by atoms with Gasteiger partial charge in [-0.25, -0.2) is 4.98 Å². The molecule has 0 unspecified atom stereocenters. The van der Waals surface area contributed by atoms with Gasteiger partial charge >= 0.3 is 12.4 Å². The monoisotopic (exact) mass is 474 g/mol. The topological polar surface area (TPSA) is 116 Å². The van der Waals surface area contributed by atoms with E-state index in [1.54, 1.807) is 0 Å². The van der Waals surface area contributed by atoms with Crippen molar-refractivity contribution in [2.24, 2.45) is 0 Å². The van der Waals surface area contributed by atoms with Gasteiger partial charge in [0.05, 0.1) is 18.3 Å². The molecule has 0 bridgehead atoms. The Bertz CT molecular complexity index is 1110. The quantitative estimate of drug-likeness (QED) is 0.385. The Balaban J connectivity index is 2.00. The van der Waals surface area contributed by atoms with E-state index in [1.165, 1.54) is 12.1 Å². The minimum atomic E-state index is -4.73. The molecular formula is C19H16F6N6O2. The molecule has 1 aromatic carbocycles. The van der Waals surface area contributed by atoms with Crippen LogP contribution in [0.4, 0.5) is 43.9 Å². The predicted molar refractivity (Wildman–Crippen MR) is 104 cm³/mol. The highest BCUT2D eigenvalue weighted by Gasteiger charge is 2.33. The van der Waals surface area contributed by atoms with Gasteiger partial charge in [0.2, 0.25) is 11.9 Å². The number of benzene rings is 1. The highest BCUT2D eigenvalue weighted by Crippen LogP contribution is 2.32. The molecular weight excluding hydrogens is 458 g/mol. The Labute approximate surface area is 182 Å². The molecule has 0 fully saturated rings. The maximum absolute atomic E-state index is 13.0. The third-order valence-corrected chi connectivity index (χ3v) is 4.06. The van der Waals surface area contributed by atoms with Crippen molar-refractivity contribution in [2.75, 3.05) is 23.8 Å². The number of aliphatic hydroxyl groups is 2. The highest BCUT2D eigenvalue weighted by atomic mass is 19.4. The Hall–Kier alpha value is -3.52. The molecule has 176 valence electrons. The van der Waals surface area contributed by atoms with E-state index < -0.39 is 36.3 Å². The van der Waals surface area contributed by atoms with Gasteiger partial charge in [0.15, 0.2) is 5.82 Å². The van der Waals surface area contributed by atoms with Gasteiger partial charge in [-0.3, -0.25) is 0 Å². The molecule has 0 saturated carbocycles. The van der Waals surface area contributed by atoms with Crippen molar-refractivity contribution in [2.45, 2.75) is 18.5 Å². The maximum atomic E-state index is 13.0. The smallest absolute Gasteiger partial charge is 0.394 e. The van der Waals surface area contributed by atoms with Gasteiger partial charge in [-0.15, -0.1) is 0 Å². The zero-order valence-electron chi connectivity index (χ0n) is 16.5. The third kappa shape index (κ3) is 6.49.